The first-order chi connectivity index (χ1) is 9.65. The van der Waals surface area contributed by atoms with Crippen LogP contribution in [0.1, 0.15) is 28.9 Å². The lowest BCUT2D eigenvalue weighted by Gasteiger charge is -2.16. The van der Waals surface area contributed by atoms with Crippen LogP contribution in [0.25, 0.3) is 10.9 Å². The van der Waals surface area contributed by atoms with Gasteiger partial charge in [0.25, 0.3) is 0 Å². The third-order valence-electron chi connectivity index (χ3n) is 3.69. The van der Waals surface area contributed by atoms with E-state index >= 15 is 0 Å². The van der Waals surface area contributed by atoms with Gasteiger partial charge in [0.1, 0.15) is 11.5 Å². The molecule has 0 fully saturated rings. The summed E-state index contributed by atoms with van der Waals surface area (Å²) in [6.07, 6.45) is 1.91. The summed E-state index contributed by atoms with van der Waals surface area (Å²) < 4.78 is 10.5. The molecule has 0 amide bonds. The van der Waals surface area contributed by atoms with Crippen LogP contribution in [0.4, 0.5) is 0 Å². The van der Waals surface area contributed by atoms with Crippen molar-refractivity contribution in [3.63, 3.8) is 0 Å². The van der Waals surface area contributed by atoms with E-state index in [9.17, 15) is 9.59 Å². The lowest BCUT2D eigenvalue weighted by atomic mass is 9.93. The lowest BCUT2D eigenvalue weighted by molar-refractivity contribution is 0.0970. The number of aryl methyl sites for hydroxylation is 1. The number of carbonyl (C=O) groups is 1. The summed E-state index contributed by atoms with van der Waals surface area (Å²) in [5.41, 5.74) is 1.38. The van der Waals surface area contributed by atoms with Crippen LogP contribution in [0.5, 0.6) is 11.5 Å². The largest absolute Gasteiger partial charge is 0.497 e. The van der Waals surface area contributed by atoms with Crippen LogP contribution in [0.15, 0.2) is 16.9 Å². The van der Waals surface area contributed by atoms with Gasteiger partial charge in [-0.15, -0.1) is 0 Å². The number of ether oxygens (including phenoxy) is 2. The highest BCUT2D eigenvalue weighted by atomic mass is 16.5. The number of carbonyl (C=O) groups excluding carboxylic acids is 1. The van der Waals surface area contributed by atoms with Crippen LogP contribution in [0, 0.1) is 0 Å². The van der Waals surface area contributed by atoms with Crippen LogP contribution in [-0.4, -0.2) is 25.0 Å². The van der Waals surface area contributed by atoms with Crippen LogP contribution < -0.4 is 14.9 Å². The van der Waals surface area contributed by atoms with E-state index in [1.54, 1.807) is 12.1 Å². The van der Waals surface area contributed by atoms with Gasteiger partial charge in [-0.1, -0.05) is 0 Å². The van der Waals surface area contributed by atoms with Gasteiger partial charge in [0.2, 0.25) is 5.43 Å². The second-order valence-corrected chi connectivity index (χ2v) is 4.84. The number of Topliss-reactive ketones (excluding diaryl/α,β-unsaturated/α-hetero) is 1. The van der Waals surface area contributed by atoms with Crippen molar-refractivity contribution in [1.82, 2.24) is 4.98 Å². The zero-order valence-corrected chi connectivity index (χ0v) is 11.4. The van der Waals surface area contributed by atoms with Gasteiger partial charge >= 0.3 is 0 Å². The summed E-state index contributed by atoms with van der Waals surface area (Å²) in [7, 11) is 3.06. The molecule has 1 aromatic heterocycles. The number of aromatic amines is 1. The Kier molecular flexibility index (Phi) is 2.97. The van der Waals surface area contributed by atoms with Crippen molar-refractivity contribution in [3.8, 4) is 11.5 Å². The van der Waals surface area contributed by atoms with Crippen LogP contribution >= 0.6 is 0 Å². The van der Waals surface area contributed by atoms with Crippen molar-refractivity contribution in [2.45, 2.75) is 19.3 Å². The molecule has 1 aliphatic carbocycles. The van der Waals surface area contributed by atoms with Gasteiger partial charge in [-0.05, 0) is 18.9 Å². The second kappa shape index (κ2) is 4.67. The minimum Gasteiger partial charge on any atom is -0.497 e. The standard InChI is InChI=1S/C15H15NO4/c1-19-8-6-9-14(12(7-8)20-2)16-10-4-3-5-11(17)13(10)15(9)18/h6-7H,3-5H2,1-2H3,(H,16,18). The van der Waals surface area contributed by atoms with E-state index in [0.717, 1.165) is 6.42 Å². The van der Waals surface area contributed by atoms with E-state index in [-0.39, 0.29) is 11.2 Å². The lowest BCUT2D eigenvalue weighted by Crippen LogP contribution is -2.23. The number of benzene rings is 1. The van der Waals surface area contributed by atoms with Crippen LogP contribution in [0.2, 0.25) is 0 Å². The number of aromatic nitrogens is 1. The fourth-order valence-corrected chi connectivity index (χ4v) is 2.70. The molecule has 0 saturated carbocycles. The molecule has 0 spiro atoms. The predicted octanol–water partition coefficient (Wildman–Crippen LogP) is 2.06. The Morgan fingerprint density at radius 3 is 2.60 bits per heavy atom. The molecule has 2 aromatic rings. The SMILES string of the molecule is COc1cc(OC)c2[nH]c3c(c(=O)c2c1)C(=O)CCC3. The number of nitrogens with one attached hydrogen (secondary N) is 1. The molecule has 1 aromatic carbocycles. The molecule has 104 valence electrons. The van der Waals surface area contributed by atoms with Crippen molar-refractivity contribution in [2.75, 3.05) is 14.2 Å². The van der Waals surface area contributed by atoms with E-state index < -0.39 is 0 Å². The van der Waals surface area contributed by atoms with Gasteiger partial charge in [0.15, 0.2) is 5.78 Å². The van der Waals surface area contributed by atoms with Crippen LogP contribution in [-0.2, 0) is 6.42 Å². The molecule has 1 N–H and O–H groups in total. The zero-order valence-electron chi connectivity index (χ0n) is 11.4. The Labute approximate surface area is 115 Å². The Hall–Kier alpha value is -2.30. The van der Waals surface area contributed by atoms with Gasteiger partial charge in [0, 0.05) is 18.2 Å². The molecular formula is C15H15NO4. The molecule has 0 atom stereocenters. The summed E-state index contributed by atoms with van der Waals surface area (Å²) in [5.74, 6) is 0.983. The van der Waals surface area contributed by atoms with Crippen LogP contribution in [0.3, 0.4) is 0 Å². The zero-order chi connectivity index (χ0) is 14.3. The third-order valence-corrected chi connectivity index (χ3v) is 3.69. The molecule has 0 bridgehead atoms. The topological polar surface area (TPSA) is 68.4 Å². The highest BCUT2D eigenvalue weighted by molar-refractivity contribution is 6.01. The molecule has 5 nitrogen and oxygen atoms in total. The van der Waals surface area contributed by atoms with Crippen molar-refractivity contribution in [2.24, 2.45) is 0 Å². The molecule has 1 heterocycles. The fourth-order valence-electron chi connectivity index (χ4n) is 2.70. The highest BCUT2D eigenvalue weighted by Crippen LogP contribution is 2.30. The molecule has 20 heavy (non-hydrogen) atoms. The van der Waals surface area contributed by atoms with Crippen molar-refractivity contribution >= 4 is 16.7 Å². The summed E-state index contributed by atoms with van der Waals surface area (Å²) in [6, 6.07) is 3.36. The van der Waals surface area contributed by atoms with Crippen molar-refractivity contribution in [3.05, 3.63) is 33.6 Å². The second-order valence-electron chi connectivity index (χ2n) is 4.84. The summed E-state index contributed by atoms with van der Waals surface area (Å²) in [4.78, 5) is 27.7. The number of hydrogen-bond acceptors (Lipinski definition) is 4. The van der Waals surface area contributed by atoms with Crippen molar-refractivity contribution < 1.29 is 14.3 Å². The summed E-state index contributed by atoms with van der Waals surface area (Å²) in [6.45, 7) is 0. The maximum Gasteiger partial charge on any atom is 0.200 e. The number of hydrogen-bond donors (Lipinski definition) is 1. The molecule has 3 rings (SSSR count). The van der Waals surface area contributed by atoms with E-state index in [1.807, 2.05) is 0 Å². The van der Waals surface area contributed by atoms with E-state index in [4.69, 9.17) is 9.47 Å². The van der Waals surface area contributed by atoms with Gasteiger partial charge in [0.05, 0.1) is 30.7 Å². The first-order valence-electron chi connectivity index (χ1n) is 6.49. The Morgan fingerprint density at radius 2 is 1.90 bits per heavy atom. The minimum atomic E-state index is -0.240. The molecule has 0 aliphatic heterocycles. The maximum atomic E-state index is 12.6. The molecule has 0 unspecified atom stereocenters. The third kappa shape index (κ3) is 1.78. The van der Waals surface area contributed by atoms with E-state index in [2.05, 4.69) is 4.98 Å². The van der Waals surface area contributed by atoms with E-state index in [1.165, 1.54) is 14.2 Å². The Bertz CT molecular complexity index is 761. The van der Waals surface area contributed by atoms with Crippen molar-refractivity contribution in [1.29, 1.82) is 0 Å². The number of rotatable bonds is 2. The first kappa shape index (κ1) is 12.7. The summed E-state index contributed by atoms with van der Waals surface area (Å²) in [5, 5.41) is 0.426. The summed E-state index contributed by atoms with van der Waals surface area (Å²) >= 11 is 0. The average molecular weight is 273 g/mol. The van der Waals surface area contributed by atoms with Gasteiger partial charge in [-0.25, -0.2) is 0 Å². The Morgan fingerprint density at radius 1 is 1.10 bits per heavy atom. The number of fused-ring (bicyclic) bond motifs is 2. The Balaban J connectivity index is 2.42. The number of pyridine rings is 1. The fraction of sp³-hybridized carbons (Fsp3) is 0.333. The monoisotopic (exact) mass is 273 g/mol. The van der Waals surface area contributed by atoms with Gasteiger partial charge in [-0.2, -0.15) is 0 Å². The molecular weight excluding hydrogens is 258 g/mol. The molecule has 0 saturated heterocycles. The predicted molar refractivity (Wildman–Crippen MR) is 74.9 cm³/mol. The molecule has 0 radical (unpaired) electrons. The maximum absolute atomic E-state index is 12.6. The average Bonchev–Trinajstić information content (AvgIpc) is 2.46. The number of methoxy groups -OCH3 is 2. The normalized spacial score (nSPS) is 14.2. The van der Waals surface area contributed by atoms with Gasteiger partial charge < -0.3 is 14.5 Å². The smallest absolute Gasteiger partial charge is 0.200 e. The number of H-pyrrole nitrogens is 1. The number of ketones is 1. The quantitative estimate of drug-likeness (QED) is 0.909. The first-order valence-corrected chi connectivity index (χ1v) is 6.49. The highest BCUT2D eigenvalue weighted by Gasteiger charge is 2.24. The minimum absolute atomic E-state index is 0.0869. The molecule has 1 aliphatic rings. The van der Waals surface area contributed by atoms with E-state index in [0.29, 0.717) is 46.5 Å². The molecule has 5 heteroatoms. The van der Waals surface area contributed by atoms with Gasteiger partial charge in [-0.3, -0.25) is 9.59 Å².